The zero-order valence-corrected chi connectivity index (χ0v) is 6.03. The maximum atomic E-state index is 4.14. The third-order valence-corrected chi connectivity index (χ3v) is 1.79. The van der Waals surface area contributed by atoms with Crippen molar-refractivity contribution in [3.63, 3.8) is 0 Å². The number of aromatic nitrogens is 1. The van der Waals surface area contributed by atoms with Gasteiger partial charge in [0.25, 0.3) is 0 Å². The molecule has 0 spiro atoms. The van der Waals surface area contributed by atoms with Crippen molar-refractivity contribution in [3.8, 4) is 0 Å². The summed E-state index contributed by atoms with van der Waals surface area (Å²) in [6.45, 7) is 3.60. The molecule has 0 bridgehead atoms. The first-order valence-electron chi connectivity index (χ1n) is 2.62. The molecular formula is C6H8N2S. The molecule has 1 aromatic rings. The van der Waals surface area contributed by atoms with E-state index in [1.54, 1.807) is 17.4 Å². The van der Waals surface area contributed by atoms with Crippen molar-refractivity contribution in [2.24, 2.45) is 0 Å². The molecule has 1 rings (SSSR count). The fraction of sp³-hybridized carbons (Fsp3) is 0.167. The minimum absolute atomic E-state index is 0.912. The predicted octanol–water partition coefficient (Wildman–Crippen LogP) is 1.83. The van der Waals surface area contributed by atoms with E-state index in [-0.39, 0.29) is 0 Å². The summed E-state index contributed by atoms with van der Waals surface area (Å²) in [7, 11) is 1.85. The highest BCUT2D eigenvalue weighted by Gasteiger charge is 1.92. The van der Waals surface area contributed by atoms with Crippen molar-refractivity contribution in [1.82, 2.24) is 4.98 Å². The van der Waals surface area contributed by atoms with E-state index in [0.717, 1.165) is 10.8 Å². The van der Waals surface area contributed by atoms with Crippen molar-refractivity contribution < 1.29 is 0 Å². The zero-order valence-electron chi connectivity index (χ0n) is 5.22. The van der Waals surface area contributed by atoms with Gasteiger partial charge in [0.1, 0.15) is 10.8 Å². The second-order valence-electron chi connectivity index (χ2n) is 1.53. The van der Waals surface area contributed by atoms with Crippen LogP contribution < -0.4 is 5.32 Å². The van der Waals surface area contributed by atoms with E-state index in [1.807, 2.05) is 12.4 Å². The first-order valence-corrected chi connectivity index (χ1v) is 3.50. The molecule has 0 fully saturated rings. The lowest BCUT2D eigenvalue weighted by Crippen LogP contribution is -1.86. The monoisotopic (exact) mass is 140 g/mol. The SMILES string of the molecule is C=Cc1nc(NC)cs1. The summed E-state index contributed by atoms with van der Waals surface area (Å²) in [5, 5.41) is 5.85. The van der Waals surface area contributed by atoms with Crippen LogP contribution in [0.1, 0.15) is 5.01 Å². The smallest absolute Gasteiger partial charge is 0.137 e. The van der Waals surface area contributed by atoms with Crippen LogP contribution in [-0.2, 0) is 0 Å². The largest absolute Gasteiger partial charge is 0.372 e. The normalized spacial score (nSPS) is 9.00. The average molecular weight is 140 g/mol. The molecule has 0 aliphatic heterocycles. The molecule has 0 saturated heterocycles. The van der Waals surface area contributed by atoms with E-state index in [0.29, 0.717) is 0 Å². The zero-order chi connectivity index (χ0) is 6.69. The standard InChI is InChI=1S/C6H8N2S/c1-3-6-8-5(7-2)4-9-6/h3-4,7H,1H2,2H3. The maximum absolute atomic E-state index is 4.14. The van der Waals surface area contributed by atoms with Crippen LogP contribution in [0, 0.1) is 0 Å². The van der Waals surface area contributed by atoms with Gasteiger partial charge in [0, 0.05) is 12.4 Å². The molecule has 1 heterocycles. The van der Waals surface area contributed by atoms with E-state index in [4.69, 9.17) is 0 Å². The summed E-state index contributed by atoms with van der Waals surface area (Å²) < 4.78 is 0. The number of hydrogen-bond donors (Lipinski definition) is 1. The summed E-state index contributed by atoms with van der Waals surface area (Å²) in [6, 6.07) is 0. The molecule has 0 aromatic carbocycles. The van der Waals surface area contributed by atoms with Crippen molar-refractivity contribution in [3.05, 3.63) is 17.0 Å². The Kier molecular flexibility index (Phi) is 1.85. The Bertz CT molecular complexity index is 205. The van der Waals surface area contributed by atoms with Gasteiger partial charge in [-0.1, -0.05) is 6.58 Å². The molecule has 0 aliphatic carbocycles. The van der Waals surface area contributed by atoms with Crippen LogP contribution in [0.4, 0.5) is 5.82 Å². The molecule has 0 aliphatic rings. The minimum atomic E-state index is 0.912. The number of hydrogen-bond acceptors (Lipinski definition) is 3. The van der Waals surface area contributed by atoms with E-state index in [1.165, 1.54) is 0 Å². The lowest BCUT2D eigenvalue weighted by atomic mass is 10.7. The molecule has 0 radical (unpaired) electrons. The second-order valence-corrected chi connectivity index (χ2v) is 2.41. The van der Waals surface area contributed by atoms with Gasteiger partial charge in [-0.3, -0.25) is 0 Å². The molecule has 0 amide bonds. The number of nitrogens with one attached hydrogen (secondary N) is 1. The van der Waals surface area contributed by atoms with Crippen LogP contribution in [0.3, 0.4) is 0 Å². The minimum Gasteiger partial charge on any atom is -0.372 e. The van der Waals surface area contributed by atoms with E-state index >= 15 is 0 Å². The van der Waals surface area contributed by atoms with Gasteiger partial charge in [-0.15, -0.1) is 11.3 Å². The maximum Gasteiger partial charge on any atom is 0.137 e. The van der Waals surface area contributed by atoms with Crippen LogP contribution in [0.5, 0.6) is 0 Å². The summed E-state index contributed by atoms with van der Waals surface area (Å²) in [5.41, 5.74) is 0. The van der Waals surface area contributed by atoms with E-state index in [2.05, 4.69) is 16.9 Å². The topological polar surface area (TPSA) is 24.9 Å². The van der Waals surface area contributed by atoms with Crippen molar-refractivity contribution in [2.75, 3.05) is 12.4 Å². The number of anilines is 1. The van der Waals surface area contributed by atoms with Crippen LogP contribution in [0.25, 0.3) is 6.08 Å². The number of thiazole rings is 1. The second kappa shape index (κ2) is 2.64. The quantitative estimate of drug-likeness (QED) is 0.677. The summed E-state index contributed by atoms with van der Waals surface area (Å²) >= 11 is 1.58. The van der Waals surface area contributed by atoms with Crippen molar-refractivity contribution in [2.45, 2.75) is 0 Å². The summed E-state index contributed by atoms with van der Waals surface area (Å²) in [6.07, 6.45) is 1.74. The summed E-state index contributed by atoms with van der Waals surface area (Å²) in [4.78, 5) is 4.14. The van der Waals surface area contributed by atoms with Gasteiger partial charge >= 0.3 is 0 Å². The molecule has 2 nitrogen and oxygen atoms in total. The Labute approximate surface area is 58.2 Å². The molecule has 1 aromatic heterocycles. The molecule has 9 heavy (non-hydrogen) atoms. The Morgan fingerprint density at radius 1 is 1.89 bits per heavy atom. The fourth-order valence-electron chi connectivity index (χ4n) is 0.496. The first-order chi connectivity index (χ1) is 4.36. The molecule has 48 valence electrons. The third kappa shape index (κ3) is 1.29. The van der Waals surface area contributed by atoms with Crippen LogP contribution in [-0.4, -0.2) is 12.0 Å². The van der Waals surface area contributed by atoms with Gasteiger partial charge in [0.15, 0.2) is 0 Å². The molecule has 0 atom stereocenters. The molecular weight excluding hydrogens is 132 g/mol. The van der Waals surface area contributed by atoms with Crippen molar-refractivity contribution >= 4 is 23.2 Å². The average Bonchev–Trinajstić information content (AvgIpc) is 2.34. The predicted molar refractivity (Wildman–Crippen MR) is 41.8 cm³/mol. The number of rotatable bonds is 2. The lowest BCUT2D eigenvalue weighted by molar-refractivity contribution is 1.34. The molecule has 1 N–H and O–H groups in total. The van der Waals surface area contributed by atoms with Crippen LogP contribution in [0.2, 0.25) is 0 Å². The van der Waals surface area contributed by atoms with Gasteiger partial charge in [-0.2, -0.15) is 0 Å². The lowest BCUT2D eigenvalue weighted by Gasteiger charge is -1.86. The van der Waals surface area contributed by atoms with E-state index in [9.17, 15) is 0 Å². The molecule has 0 saturated carbocycles. The number of nitrogens with zero attached hydrogens (tertiary/aromatic N) is 1. The van der Waals surface area contributed by atoms with Crippen molar-refractivity contribution in [1.29, 1.82) is 0 Å². The fourth-order valence-corrected chi connectivity index (χ4v) is 1.15. The third-order valence-electron chi connectivity index (χ3n) is 0.953. The Balaban J connectivity index is 2.86. The van der Waals surface area contributed by atoms with Gasteiger partial charge < -0.3 is 5.32 Å². The van der Waals surface area contributed by atoms with Crippen LogP contribution in [0.15, 0.2) is 12.0 Å². The highest BCUT2D eigenvalue weighted by atomic mass is 32.1. The summed E-state index contributed by atoms with van der Waals surface area (Å²) in [5.74, 6) is 0.912. The van der Waals surface area contributed by atoms with Crippen LogP contribution >= 0.6 is 11.3 Å². The van der Waals surface area contributed by atoms with Gasteiger partial charge in [-0.05, 0) is 6.08 Å². The highest BCUT2D eigenvalue weighted by molar-refractivity contribution is 7.10. The molecule has 0 unspecified atom stereocenters. The first kappa shape index (κ1) is 6.29. The Morgan fingerprint density at radius 2 is 2.67 bits per heavy atom. The van der Waals surface area contributed by atoms with Gasteiger partial charge in [-0.25, -0.2) is 4.98 Å². The Hall–Kier alpha value is -0.830. The Morgan fingerprint density at radius 3 is 3.00 bits per heavy atom. The highest BCUT2D eigenvalue weighted by Crippen LogP contribution is 2.13. The van der Waals surface area contributed by atoms with Gasteiger partial charge in [0.05, 0.1) is 0 Å². The van der Waals surface area contributed by atoms with E-state index < -0.39 is 0 Å². The van der Waals surface area contributed by atoms with Gasteiger partial charge in [0.2, 0.25) is 0 Å². The molecule has 3 heteroatoms.